The largest absolute Gasteiger partial charge is 0.507 e. The molecule has 1 fully saturated rings. The summed E-state index contributed by atoms with van der Waals surface area (Å²) in [6.45, 7) is 3.56. The van der Waals surface area contributed by atoms with E-state index in [0.29, 0.717) is 60.4 Å². The van der Waals surface area contributed by atoms with Gasteiger partial charge in [0.1, 0.15) is 11.5 Å². The van der Waals surface area contributed by atoms with Crippen LogP contribution in [0.5, 0.6) is 11.5 Å². The van der Waals surface area contributed by atoms with Crippen LogP contribution in [-0.2, 0) is 17.8 Å². The van der Waals surface area contributed by atoms with Gasteiger partial charge in [-0.25, -0.2) is 4.98 Å². The number of likely N-dealkylation sites (tertiary alicyclic amines) is 1. The number of fused-ring (bicyclic) bond motifs is 2. The zero-order chi connectivity index (χ0) is 22.1. The molecule has 2 aliphatic heterocycles. The van der Waals surface area contributed by atoms with Crippen LogP contribution in [0.1, 0.15) is 24.0 Å². The van der Waals surface area contributed by atoms with Crippen LogP contribution in [0.3, 0.4) is 0 Å². The molecule has 9 heteroatoms. The Bertz CT molecular complexity index is 1110. The molecular formula is C23H28N4O5. The number of rotatable bonds is 7. The van der Waals surface area contributed by atoms with Gasteiger partial charge in [-0.2, -0.15) is 4.98 Å². The van der Waals surface area contributed by atoms with E-state index < -0.39 is 0 Å². The zero-order valence-electron chi connectivity index (χ0n) is 18.1. The minimum atomic E-state index is 0.162. The van der Waals surface area contributed by atoms with E-state index in [1.165, 1.54) is 0 Å². The number of aliphatic hydroxyl groups excluding tert-OH is 1. The summed E-state index contributed by atoms with van der Waals surface area (Å²) in [4.78, 5) is 11.5. The van der Waals surface area contributed by atoms with Gasteiger partial charge in [-0.3, -0.25) is 4.90 Å². The van der Waals surface area contributed by atoms with E-state index in [1.54, 1.807) is 7.11 Å². The van der Waals surface area contributed by atoms with Gasteiger partial charge >= 0.3 is 0 Å². The number of aromatic nitrogens is 2. The Morgan fingerprint density at radius 2 is 2.22 bits per heavy atom. The number of phenols is 1. The predicted molar refractivity (Wildman–Crippen MR) is 119 cm³/mol. The molecule has 2 aromatic heterocycles. The van der Waals surface area contributed by atoms with Crippen molar-refractivity contribution in [3.8, 4) is 22.8 Å². The Kier molecular flexibility index (Phi) is 5.86. The standard InChI is InChI=1S/C23H28N4O5/c1-30-13-14-11-19-16(6-10-31-19)21(29)20(14)17-4-5-18-22(25-17)26-23(32-18)24-15-3-2-7-27(12-15)8-9-28/h4-5,11,15,28-29H,2-3,6-10,12-13H2,1H3,(H,24,25,26)/t15-/m1/s1. The summed E-state index contributed by atoms with van der Waals surface area (Å²) in [5.74, 6) is 0.891. The highest BCUT2D eigenvalue weighted by Gasteiger charge is 2.25. The number of phenolic OH excluding ortho intramolecular Hbond substituents is 1. The smallest absolute Gasteiger partial charge is 0.297 e. The lowest BCUT2D eigenvalue weighted by atomic mass is 9.98. The topological polar surface area (TPSA) is 113 Å². The number of aliphatic hydroxyl groups is 1. The van der Waals surface area contributed by atoms with Crippen molar-refractivity contribution in [2.24, 2.45) is 0 Å². The molecule has 0 radical (unpaired) electrons. The number of oxazole rings is 1. The van der Waals surface area contributed by atoms with E-state index >= 15 is 0 Å². The fourth-order valence-corrected chi connectivity index (χ4v) is 4.64. The number of pyridine rings is 1. The molecule has 3 aromatic rings. The van der Waals surface area contributed by atoms with Crippen molar-refractivity contribution in [1.82, 2.24) is 14.9 Å². The number of aromatic hydroxyl groups is 1. The number of ether oxygens (including phenoxy) is 2. The normalized spacial score (nSPS) is 18.6. The molecule has 0 amide bonds. The molecule has 0 bridgehead atoms. The number of methoxy groups -OCH3 is 1. The van der Waals surface area contributed by atoms with E-state index in [9.17, 15) is 10.2 Å². The van der Waals surface area contributed by atoms with Gasteiger partial charge < -0.3 is 29.4 Å². The number of piperidine rings is 1. The molecule has 3 N–H and O–H groups in total. The Balaban J connectivity index is 1.44. The van der Waals surface area contributed by atoms with E-state index in [0.717, 1.165) is 37.1 Å². The lowest BCUT2D eigenvalue weighted by Gasteiger charge is -2.32. The lowest BCUT2D eigenvalue weighted by Crippen LogP contribution is -2.43. The quantitative estimate of drug-likeness (QED) is 0.510. The van der Waals surface area contributed by atoms with Gasteiger partial charge in [0.15, 0.2) is 5.58 Å². The van der Waals surface area contributed by atoms with Crippen LogP contribution >= 0.6 is 0 Å². The number of nitrogens with one attached hydrogen (secondary N) is 1. The molecule has 2 aliphatic rings. The molecule has 0 spiro atoms. The van der Waals surface area contributed by atoms with Gasteiger partial charge in [0.05, 0.1) is 25.5 Å². The van der Waals surface area contributed by atoms with E-state index in [1.807, 2.05) is 18.2 Å². The van der Waals surface area contributed by atoms with Gasteiger partial charge in [0, 0.05) is 43.8 Å². The molecule has 0 unspecified atom stereocenters. The molecule has 1 aromatic carbocycles. The van der Waals surface area contributed by atoms with E-state index in [2.05, 4.69) is 20.2 Å². The third-order valence-corrected chi connectivity index (χ3v) is 6.11. The van der Waals surface area contributed by atoms with Crippen LogP contribution in [0.4, 0.5) is 6.01 Å². The average Bonchev–Trinajstić information content (AvgIpc) is 3.41. The van der Waals surface area contributed by atoms with Crippen LogP contribution in [0.2, 0.25) is 0 Å². The van der Waals surface area contributed by atoms with E-state index in [-0.39, 0.29) is 18.4 Å². The second-order valence-corrected chi connectivity index (χ2v) is 8.31. The Morgan fingerprint density at radius 1 is 1.31 bits per heavy atom. The molecule has 32 heavy (non-hydrogen) atoms. The molecule has 0 aliphatic carbocycles. The molecule has 4 heterocycles. The molecule has 1 saturated heterocycles. The summed E-state index contributed by atoms with van der Waals surface area (Å²) < 4.78 is 16.9. The monoisotopic (exact) mass is 440 g/mol. The van der Waals surface area contributed by atoms with Crippen molar-refractivity contribution in [2.75, 3.05) is 45.3 Å². The van der Waals surface area contributed by atoms with Gasteiger partial charge in [0.2, 0.25) is 5.65 Å². The summed E-state index contributed by atoms with van der Waals surface area (Å²) in [6, 6.07) is 6.22. The molecule has 0 saturated carbocycles. The van der Waals surface area contributed by atoms with Crippen molar-refractivity contribution in [2.45, 2.75) is 31.9 Å². The summed E-state index contributed by atoms with van der Waals surface area (Å²) in [5.41, 5.74) is 3.93. The van der Waals surface area contributed by atoms with Crippen molar-refractivity contribution in [3.63, 3.8) is 0 Å². The predicted octanol–water partition coefficient (Wildman–Crippen LogP) is 2.55. The summed E-state index contributed by atoms with van der Waals surface area (Å²) >= 11 is 0. The van der Waals surface area contributed by atoms with Crippen molar-refractivity contribution >= 4 is 17.2 Å². The number of hydrogen-bond donors (Lipinski definition) is 3. The van der Waals surface area contributed by atoms with Gasteiger partial charge in [-0.1, -0.05) is 0 Å². The first-order chi connectivity index (χ1) is 15.7. The molecule has 1 atom stereocenters. The molecular weight excluding hydrogens is 412 g/mol. The van der Waals surface area contributed by atoms with Crippen LogP contribution in [-0.4, -0.2) is 71.1 Å². The van der Waals surface area contributed by atoms with Gasteiger partial charge in [0.25, 0.3) is 6.01 Å². The van der Waals surface area contributed by atoms with Crippen molar-refractivity contribution in [1.29, 1.82) is 0 Å². The number of anilines is 1. The highest BCUT2D eigenvalue weighted by atomic mass is 16.5. The number of β-amino-alcohol motifs (C(OH)–C–C–N with tert-alkyl or cyclic N) is 1. The van der Waals surface area contributed by atoms with Crippen molar-refractivity contribution in [3.05, 3.63) is 29.3 Å². The number of hydrogen-bond acceptors (Lipinski definition) is 9. The SMILES string of the molecule is COCc1cc2c(c(O)c1-c1ccc3oc(N[C@@H]4CCCN(CCO)C4)nc3n1)CCO2. The molecule has 170 valence electrons. The molecule has 9 nitrogen and oxygen atoms in total. The minimum absolute atomic E-state index is 0.162. The first-order valence-electron chi connectivity index (χ1n) is 11.0. The zero-order valence-corrected chi connectivity index (χ0v) is 18.1. The third-order valence-electron chi connectivity index (χ3n) is 6.11. The highest BCUT2D eigenvalue weighted by molar-refractivity contribution is 5.80. The maximum Gasteiger partial charge on any atom is 0.297 e. The Labute approximate surface area is 186 Å². The van der Waals surface area contributed by atoms with Crippen LogP contribution in [0.15, 0.2) is 22.6 Å². The second-order valence-electron chi connectivity index (χ2n) is 8.31. The average molecular weight is 441 g/mol. The Morgan fingerprint density at radius 3 is 3.06 bits per heavy atom. The lowest BCUT2D eigenvalue weighted by molar-refractivity contribution is 0.166. The fourth-order valence-electron chi connectivity index (χ4n) is 4.64. The minimum Gasteiger partial charge on any atom is -0.507 e. The van der Waals surface area contributed by atoms with Crippen LogP contribution < -0.4 is 10.1 Å². The number of nitrogens with zero attached hydrogens (tertiary/aromatic N) is 3. The number of benzene rings is 1. The van der Waals surface area contributed by atoms with E-state index in [4.69, 9.17) is 13.9 Å². The Hall–Kier alpha value is -2.88. The summed E-state index contributed by atoms with van der Waals surface area (Å²) in [6.07, 6.45) is 2.74. The summed E-state index contributed by atoms with van der Waals surface area (Å²) in [7, 11) is 1.62. The fraction of sp³-hybridized carbons (Fsp3) is 0.478. The maximum absolute atomic E-state index is 11.0. The van der Waals surface area contributed by atoms with Crippen LogP contribution in [0.25, 0.3) is 22.5 Å². The highest BCUT2D eigenvalue weighted by Crippen LogP contribution is 2.43. The van der Waals surface area contributed by atoms with Gasteiger partial charge in [-0.05, 0) is 43.1 Å². The maximum atomic E-state index is 11.0. The van der Waals surface area contributed by atoms with Crippen molar-refractivity contribution < 1.29 is 24.1 Å². The summed E-state index contributed by atoms with van der Waals surface area (Å²) in [5, 5.41) is 23.5. The first-order valence-corrected chi connectivity index (χ1v) is 11.0. The third kappa shape index (κ3) is 3.99. The second kappa shape index (κ2) is 8.93. The van der Waals surface area contributed by atoms with Crippen LogP contribution in [0, 0.1) is 0 Å². The first kappa shape index (κ1) is 21.0. The molecule has 5 rings (SSSR count). The van der Waals surface area contributed by atoms with Gasteiger partial charge in [-0.15, -0.1) is 0 Å².